The van der Waals surface area contributed by atoms with Crippen molar-refractivity contribution in [1.82, 2.24) is 9.97 Å². The lowest BCUT2D eigenvalue weighted by atomic mass is 10.1. The predicted octanol–water partition coefficient (Wildman–Crippen LogP) is 2.47. The Morgan fingerprint density at radius 2 is 1.88 bits per heavy atom. The molecule has 0 aliphatic heterocycles. The summed E-state index contributed by atoms with van der Waals surface area (Å²) in [7, 11) is 3.22. The SMILES string of the molecule is COc1ccnc(-c2ccc(C)cc2OC)n1. The van der Waals surface area contributed by atoms with Crippen LogP contribution in [0, 0.1) is 6.92 Å². The Bertz CT molecular complexity index is 527. The van der Waals surface area contributed by atoms with Crippen molar-refractivity contribution in [3.8, 4) is 23.0 Å². The molecule has 88 valence electrons. The fourth-order valence-corrected chi connectivity index (χ4v) is 1.57. The third kappa shape index (κ3) is 2.36. The minimum Gasteiger partial charge on any atom is -0.496 e. The molecule has 0 aliphatic carbocycles. The van der Waals surface area contributed by atoms with Gasteiger partial charge in [0.2, 0.25) is 5.88 Å². The van der Waals surface area contributed by atoms with Crippen LogP contribution in [0.5, 0.6) is 11.6 Å². The van der Waals surface area contributed by atoms with E-state index in [1.54, 1.807) is 26.5 Å². The van der Waals surface area contributed by atoms with E-state index in [4.69, 9.17) is 9.47 Å². The van der Waals surface area contributed by atoms with Gasteiger partial charge in [0.25, 0.3) is 0 Å². The van der Waals surface area contributed by atoms with Crippen molar-refractivity contribution in [2.45, 2.75) is 6.92 Å². The van der Waals surface area contributed by atoms with Crippen LogP contribution in [0.4, 0.5) is 0 Å². The van der Waals surface area contributed by atoms with Gasteiger partial charge in [-0.05, 0) is 24.6 Å². The summed E-state index contributed by atoms with van der Waals surface area (Å²) < 4.78 is 10.4. The number of ether oxygens (including phenoxy) is 2. The molecule has 0 spiro atoms. The Labute approximate surface area is 100 Å². The van der Waals surface area contributed by atoms with Crippen LogP contribution < -0.4 is 9.47 Å². The van der Waals surface area contributed by atoms with Crippen LogP contribution in [0.3, 0.4) is 0 Å². The van der Waals surface area contributed by atoms with Gasteiger partial charge in [0.15, 0.2) is 5.82 Å². The third-order valence-corrected chi connectivity index (χ3v) is 2.44. The highest BCUT2D eigenvalue weighted by atomic mass is 16.5. The number of hydrogen-bond acceptors (Lipinski definition) is 4. The predicted molar refractivity (Wildman–Crippen MR) is 65.3 cm³/mol. The average molecular weight is 230 g/mol. The van der Waals surface area contributed by atoms with Crippen molar-refractivity contribution in [2.24, 2.45) is 0 Å². The van der Waals surface area contributed by atoms with Gasteiger partial charge in [-0.25, -0.2) is 4.98 Å². The molecule has 0 N–H and O–H groups in total. The van der Waals surface area contributed by atoms with Crippen LogP contribution in [0.15, 0.2) is 30.5 Å². The molecule has 0 saturated heterocycles. The molecular formula is C13H14N2O2. The van der Waals surface area contributed by atoms with E-state index in [9.17, 15) is 0 Å². The summed E-state index contributed by atoms with van der Waals surface area (Å²) in [5.41, 5.74) is 1.99. The molecule has 2 rings (SSSR count). The van der Waals surface area contributed by atoms with Crippen molar-refractivity contribution in [1.29, 1.82) is 0 Å². The lowest BCUT2D eigenvalue weighted by Gasteiger charge is -2.08. The molecule has 0 unspecified atom stereocenters. The first-order valence-corrected chi connectivity index (χ1v) is 5.26. The molecule has 0 fully saturated rings. The Morgan fingerprint density at radius 1 is 1.06 bits per heavy atom. The van der Waals surface area contributed by atoms with Crippen molar-refractivity contribution in [3.63, 3.8) is 0 Å². The maximum Gasteiger partial charge on any atom is 0.216 e. The molecule has 0 bridgehead atoms. The molecule has 2 aromatic rings. The van der Waals surface area contributed by atoms with Gasteiger partial charge in [0, 0.05) is 12.3 Å². The molecule has 1 aromatic carbocycles. The smallest absolute Gasteiger partial charge is 0.216 e. The van der Waals surface area contributed by atoms with Gasteiger partial charge >= 0.3 is 0 Å². The van der Waals surface area contributed by atoms with Crippen molar-refractivity contribution >= 4 is 0 Å². The molecule has 0 aliphatic rings. The van der Waals surface area contributed by atoms with Crippen molar-refractivity contribution < 1.29 is 9.47 Å². The Kier molecular flexibility index (Phi) is 3.23. The number of nitrogens with zero attached hydrogens (tertiary/aromatic N) is 2. The van der Waals surface area contributed by atoms with Gasteiger partial charge in [0.1, 0.15) is 5.75 Å². The fourth-order valence-electron chi connectivity index (χ4n) is 1.57. The van der Waals surface area contributed by atoms with E-state index in [0.29, 0.717) is 11.7 Å². The standard InChI is InChI=1S/C13H14N2O2/c1-9-4-5-10(11(8-9)16-2)13-14-7-6-12(15-13)17-3/h4-8H,1-3H3. The average Bonchev–Trinajstić information content (AvgIpc) is 2.38. The van der Waals surface area contributed by atoms with E-state index in [0.717, 1.165) is 16.9 Å². The maximum atomic E-state index is 5.33. The normalized spacial score (nSPS) is 10.1. The number of rotatable bonds is 3. The summed E-state index contributed by atoms with van der Waals surface area (Å²) in [4.78, 5) is 8.51. The van der Waals surface area contributed by atoms with Gasteiger partial charge in [-0.15, -0.1) is 0 Å². The Morgan fingerprint density at radius 3 is 2.59 bits per heavy atom. The first-order valence-electron chi connectivity index (χ1n) is 5.26. The van der Waals surface area contributed by atoms with Crippen LogP contribution in [-0.4, -0.2) is 24.2 Å². The van der Waals surface area contributed by atoms with Gasteiger partial charge in [-0.2, -0.15) is 4.98 Å². The minimum absolute atomic E-state index is 0.539. The van der Waals surface area contributed by atoms with E-state index in [2.05, 4.69) is 9.97 Å². The number of methoxy groups -OCH3 is 2. The molecular weight excluding hydrogens is 216 g/mol. The van der Waals surface area contributed by atoms with E-state index in [1.165, 1.54) is 0 Å². The largest absolute Gasteiger partial charge is 0.496 e. The third-order valence-electron chi connectivity index (χ3n) is 2.44. The summed E-state index contributed by atoms with van der Waals surface area (Å²) in [5, 5.41) is 0. The zero-order chi connectivity index (χ0) is 12.3. The molecule has 4 heteroatoms. The van der Waals surface area contributed by atoms with E-state index in [-0.39, 0.29) is 0 Å². The van der Waals surface area contributed by atoms with E-state index in [1.807, 2.05) is 25.1 Å². The first kappa shape index (κ1) is 11.4. The Balaban J connectivity index is 2.51. The molecule has 17 heavy (non-hydrogen) atoms. The molecule has 1 heterocycles. The lowest BCUT2D eigenvalue weighted by molar-refractivity contribution is 0.397. The summed E-state index contributed by atoms with van der Waals surface area (Å²) >= 11 is 0. The molecule has 0 amide bonds. The zero-order valence-corrected chi connectivity index (χ0v) is 10.1. The van der Waals surface area contributed by atoms with Crippen LogP contribution in [0.25, 0.3) is 11.4 Å². The monoisotopic (exact) mass is 230 g/mol. The topological polar surface area (TPSA) is 44.2 Å². The van der Waals surface area contributed by atoms with Crippen LogP contribution in [-0.2, 0) is 0 Å². The first-order chi connectivity index (χ1) is 8.24. The number of benzene rings is 1. The van der Waals surface area contributed by atoms with Crippen molar-refractivity contribution in [2.75, 3.05) is 14.2 Å². The molecule has 0 radical (unpaired) electrons. The van der Waals surface area contributed by atoms with Gasteiger partial charge in [-0.1, -0.05) is 6.07 Å². The second-order valence-electron chi connectivity index (χ2n) is 3.63. The summed E-state index contributed by atoms with van der Waals surface area (Å²) in [6.45, 7) is 2.01. The van der Waals surface area contributed by atoms with E-state index >= 15 is 0 Å². The molecule has 1 aromatic heterocycles. The summed E-state index contributed by atoms with van der Waals surface area (Å²) in [6, 6.07) is 7.62. The van der Waals surface area contributed by atoms with Crippen LogP contribution >= 0.6 is 0 Å². The number of aromatic nitrogens is 2. The second-order valence-corrected chi connectivity index (χ2v) is 3.63. The van der Waals surface area contributed by atoms with Gasteiger partial charge in [-0.3, -0.25) is 0 Å². The highest BCUT2D eigenvalue weighted by Gasteiger charge is 2.09. The van der Waals surface area contributed by atoms with Crippen molar-refractivity contribution in [3.05, 3.63) is 36.0 Å². The molecule has 0 saturated carbocycles. The zero-order valence-electron chi connectivity index (χ0n) is 10.1. The lowest BCUT2D eigenvalue weighted by Crippen LogP contribution is -1.95. The quantitative estimate of drug-likeness (QED) is 0.812. The highest BCUT2D eigenvalue weighted by molar-refractivity contribution is 5.65. The van der Waals surface area contributed by atoms with Gasteiger partial charge < -0.3 is 9.47 Å². The number of aryl methyl sites for hydroxylation is 1. The minimum atomic E-state index is 0.539. The van der Waals surface area contributed by atoms with Gasteiger partial charge in [0.05, 0.1) is 19.8 Å². The van der Waals surface area contributed by atoms with E-state index < -0.39 is 0 Å². The summed E-state index contributed by atoms with van der Waals surface area (Å²) in [6.07, 6.45) is 1.67. The maximum absolute atomic E-state index is 5.33. The molecule has 0 atom stereocenters. The highest BCUT2D eigenvalue weighted by Crippen LogP contribution is 2.28. The fraction of sp³-hybridized carbons (Fsp3) is 0.231. The Hall–Kier alpha value is -2.10. The van der Waals surface area contributed by atoms with Crippen LogP contribution in [0.1, 0.15) is 5.56 Å². The van der Waals surface area contributed by atoms with Crippen LogP contribution in [0.2, 0.25) is 0 Å². The summed E-state index contributed by atoms with van der Waals surface area (Å²) in [5.74, 6) is 1.90. The second kappa shape index (κ2) is 4.82. The number of hydrogen-bond donors (Lipinski definition) is 0. The molecule has 4 nitrogen and oxygen atoms in total.